The Morgan fingerprint density at radius 3 is 1.93 bits per heavy atom. The average Bonchev–Trinajstić information content (AvgIpc) is 2.81. The second kappa shape index (κ2) is 11.4. The molecular formula is C24H31N3O3. The van der Waals surface area contributed by atoms with E-state index in [9.17, 15) is 9.59 Å². The summed E-state index contributed by atoms with van der Waals surface area (Å²) in [7, 11) is 0. The summed E-state index contributed by atoms with van der Waals surface area (Å²) in [5.74, 6) is -1.48. The molecule has 1 heterocycles. The van der Waals surface area contributed by atoms with Crippen LogP contribution in [0.3, 0.4) is 0 Å². The zero-order chi connectivity index (χ0) is 21.2. The molecule has 1 amide bonds. The second-order valence-electron chi connectivity index (χ2n) is 7.75. The van der Waals surface area contributed by atoms with Crippen LogP contribution in [-0.4, -0.2) is 43.1 Å². The van der Waals surface area contributed by atoms with Crippen LogP contribution >= 0.6 is 0 Å². The molecule has 6 heteroatoms. The van der Waals surface area contributed by atoms with Crippen LogP contribution in [0.1, 0.15) is 37.7 Å². The van der Waals surface area contributed by atoms with Crippen LogP contribution in [0.4, 0.5) is 11.4 Å². The highest BCUT2D eigenvalue weighted by Crippen LogP contribution is 2.21. The van der Waals surface area contributed by atoms with Crippen LogP contribution in [0.2, 0.25) is 0 Å². The van der Waals surface area contributed by atoms with E-state index in [2.05, 4.69) is 64.4 Å². The number of benzene rings is 2. The van der Waals surface area contributed by atoms with Gasteiger partial charge in [-0.2, -0.15) is 0 Å². The molecule has 0 saturated carbocycles. The van der Waals surface area contributed by atoms with Crippen molar-refractivity contribution in [1.29, 1.82) is 0 Å². The summed E-state index contributed by atoms with van der Waals surface area (Å²) in [6.07, 6.45) is 4.90. The highest BCUT2D eigenvalue weighted by atomic mass is 16.5. The lowest BCUT2D eigenvalue weighted by molar-refractivity contribution is -0.143. The normalized spacial score (nSPS) is 13.9. The molecule has 2 aromatic carbocycles. The molecule has 0 bridgehead atoms. The SMILES string of the molecule is O=C(CCCCCCc1ccc(N2CCN(c3ccccc3)CC2)cc1)C(=O)NO. The van der Waals surface area contributed by atoms with Crippen molar-refractivity contribution in [3.8, 4) is 0 Å². The Kier molecular flexibility index (Phi) is 8.27. The number of para-hydroxylation sites is 1. The Bertz CT molecular complexity index is 800. The topological polar surface area (TPSA) is 72.9 Å². The Morgan fingerprint density at radius 2 is 1.33 bits per heavy atom. The van der Waals surface area contributed by atoms with Crippen LogP contribution in [0.5, 0.6) is 0 Å². The zero-order valence-electron chi connectivity index (χ0n) is 17.4. The maximum Gasteiger partial charge on any atom is 0.310 e. The fourth-order valence-electron chi connectivity index (χ4n) is 3.88. The zero-order valence-corrected chi connectivity index (χ0v) is 17.4. The number of ketones is 1. The molecule has 1 aliphatic heterocycles. The van der Waals surface area contributed by atoms with Crippen LogP contribution in [0.15, 0.2) is 54.6 Å². The predicted molar refractivity (Wildman–Crippen MR) is 119 cm³/mol. The van der Waals surface area contributed by atoms with Gasteiger partial charge in [0.1, 0.15) is 0 Å². The standard InChI is InChI=1S/C24H31N3O3/c28-23(24(29)25-30)11-7-2-1-4-8-20-12-14-22(15-13-20)27-18-16-26(17-19-27)21-9-5-3-6-10-21/h3,5-6,9-10,12-15,30H,1-2,4,7-8,11,16-19H2,(H,25,29). The lowest BCUT2D eigenvalue weighted by Gasteiger charge is -2.37. The molecule has 160 valence electrons. The lowest BCUT2D eigenvalue weighted by atomic mass is 10.0. The number of nitrogens with one attached hydrogen (secondary N) is 1. The number of hydroxylamine groups is 1. The molecule has 30 heavy (non-hydrogen) atoms. The molecule has 3 rings (SSSR count). The van der Waals surface area contributed by atoms with Gasteiger partial charge in [0.15, 0.2) is 0 Å². The van der Waals surface area contributed by atoms with Gasteiger partial charge in [0.05, 0.1) is 0 Å². The van der Waals surface area contributed by atoms with Gasteiger partial charge in [0.25, 0.3) is 0 Å². The van der Waals surface area contributed by atoms with Crippen molar-refractivity contribution in [2.75, 3.05) is 36.0 Å². The monoisotopic (exact) mass is 409 g/mol. The average molecular weight is 410 g/mol. The van der Waals surface area contributed by atoms with E-state index >= 15 is 0 Å². The van der Waals surface area contributed by atoms with Crippen LogP contribution < -0.4 is 15.3 Å². The Hall–Kier alpha value is -2.86. The van der Waals surface area contributed by atoms with Crippen molar-refractivity contribution in [3.05, 3.63) is 60.2 Å². The number of Topliss-reactive ketones (excluding diaryl/α,β-unsaturated/α-hetero) is 1. The summed E-state index contributed by atoms with van der Waals surface area (Å²) in [6, 6.07) is 19.5. The van der Waals surface area contributed by atoms with Gasteiger partial charge in [-0.15, -0.1) is 0 Å². The molecule has 1 saturated heterocycles. The van der Waals surface area contributed by atoms with Gasteiger partial charge in [-0.3, -0.25) is 14.8 Å². The van der Waals surface area contributed by atoms with E-state index in [1.165, 1.54) is 22.4 Å². The first-order chi connectivity index (χ1) is 14.7. The summed E-state index contributed by atoms with van der Waals surface area (Å²) in [5.41, 5.74) is 5.30. The van der Waals surface area contributed by atoms with E-state index in [0.29, 0.717) is 6.42 Å². The molecule has 0 unspecified atom stereocenters. The van der Waals surface area contributed by atoms with Crippen LogP contribution in [-0.2, 0) is 16.0 Å². The quantitative estimate of drug-likeness (QED) is 0.272. The third-order valence-electron chi connectivity index (χ3n) is 5.68. The largest absolute Gasteiger partial charge is 0.368 e. The Morgan fingerprint density at radius 1 is 0.767 bits per heavy atom. The van der Waals surface area contributed by atoms with E-state index < -0.39 is 11.7 Å². The number of carbonyl (C=O) groups is 2. The van der Waals surface area contributed by atoms with Crippen molar-refractivity contribution < 1.29 is 14.8 Å². The number of amides is 1. The first kappa shape index (κ1) is 21.8. The van der Waals surface area contributed by atoms with Gasteiger partial charge in [-0.1, -0.05) is 43.2 Å². The van der Waals surface area contributed by atoms with Crippen molar-refractivity contribution >= 4 is 23.1 Å². The van der Waals surface area contributed by atoms with E-state index in [0.717, 1.165) is 51.9 Å². The number of hydrogen-bond acceptors (Lipinski definition) is 5. The van der Waals surface area contributed by atoms with Gasteiger partial charge in [-0.05, 0) is 49.1 Å². The van der Waals surface area contributed by atoms with Crippen molar-refractivity contribution in [1.82, 2.24) is 5.48 Å². The molecule has 6 nitrogen and oxygen atoms in total. The number of unbranched alkanes of at least 4 members (excludes halogenated alkanes) is 3. The molecule has 2 aromatic rings. The third-order valence-corrected chi connectivity index (χ3v) is 5.68. The van der Waals surface area contributed by atoms with Crippen LogP contribution in [0, 0.1) is 0 Å². The number of aryl methyl sites for hydroxylation is 1. The maximum absolute atomic E-state index is 11.3. The number of nitrogens with zero attached hydrogens (tertiary/aromatic N) is 2. The summed E-state index contributed by atoms with van der Waals surface area (Å²) in [6.45, 7) is 4.13. The van der Waals surface area contributed by atoms with E-state index in [1.54, 1.807) is 0 Å². The van der Waals surface area contributed by atoms with Crippen molar-refractivity contribution in [2.24, 2.45) is 0 Å². The van der Waals surface area contributed by atoms with Gasteiger partial charge in [-0.25, -0.2) is 5.48 Å². The molecule has 0 aliphatic carbocycles. The summed E-state index contributed by atoms with van der Waals surface area (Å²) < 4.78 is 0. The predicted octanol–water partition coefficient (Wildman–Crippen LogP) is 3.58. The first-order valence-corrected chi connectivity index (χ1v) is 10.8. The first-order valence-electron chi connectivity index (χ1n) is 10.8. The van der Waals surface area contributed by atoms with E-state index in [4.69, 9.17) is 5.21 Å². The molecular weight excluding hydrogens is 378 g/mol. The lowest BCUT2D eigenvalue weighted by Crippen LogP contribution is -2.46. The van der Waals surface area contributed by atoms with Crippen molar-refractivity contribution in [2.45, 2.75) is 38.5 Å². The van der Waals surface area contributed by atoms with Gasteiger partial charge < -0.3 is 9.80 Å². The molecule has 0 aromatic heterocycles. The fraction of sp³-hybridized carbons (Fsp3) is 0.417. The highest BCUT2D eigenvalue weighted by molar-refractivity contribution is 6.35. The highest BCUT2D eigenvalue weighted by Gasteiger charge is 2.17. The van der Waals surface area contributed by atoms with Gasteiger partial charge in [0, 0.05) is 44.0 Å². The van der Waals surface area contributed by atoms with Gasteiger partial charge in [0.2, 0.25) is 5.78 Å². The third kappa shape index (κ3) is 6.32. The van der Waals surface area contributed by atoms with E-state index in [1.807, 2.05) is 0 Å². The Balaban J connectivity index is 1.34. The molecule has 0 atom stereocenters. The van der Waals surface area contributed by atoms with Crippen LogP contribution in [0.25, 0.3) is 0 Å². The molecule has 0 radical (unpaired) electrons. The second-order valence-corrected chi connectivity index (χ2v) is 7.75. The fourth-order valence-corrected chi connectivity index (χ4v) is 3.88. The van der Waals surface area contributed by atoms with E-state index in [-0.39, 0.29) is 6.42 Å². The number of anilines is 2. The minimum atomic E-state index is -0.920. The molecule has 1 fully saturated rings. The molecule has 0 spiro atoms. The number of piperazine rings is 1. The number of carbonyl (C=O) groups excluding carboxylic acids is 2. The number of hydrogen-bond donors (Lipinski definition) is 2. The van der Waals surface area contributed by atoms with Gasteiger partial charge >= 0.3 is 5.91 Å². The minimum Gasteiger partial charge on any atom is -0.368 e. The Labute approximate surface area is 178 Å². The smallest absolute Gasteiger partial charge is 0.310 e. The van der Waals surface area contributed by atoms with Crippen molar-refractivity contribution in [3.63, 3.8) is 0 Å². The summed E-state index contributed by atoms with van der Waals surface area (Å²) >= 11 is 0. The molecule has 1 aliphatic rings. The summed E-state index contributed by atoms with van der Waals surface area (Å²) in [4.78, 5) is 27.1. The number of rotatable bonds is 10. The summed E-state index contributed by atoms with van der Waals surface area (Å²) in [5, 5.41) is 8.41. The molecule has 2 N–H and O–H groups in total. The maximum atomic E-state index is 11.3. The minimum absolute atomic E-state index is 0.193.